The van der Waals surface area contributed by atoms with Gasteiger partial charge in [0.05, 0.1) is 21.1 Å². The fourth-order valence-corrected chi connectivity index (χ4v) is 4.76. The Balaban J connectivity index is 1.43. The average Bonchev–Trinajstić information content (AvgIpc) is 3.30. The molecule has 174 valence electrons. The molecule has 1 aliphatic carbocycles. The number of hydrogen-bond donors (Lipinski definition) is 2. The second-order valence-corrected chi connectivity index (χ2v) is 9.76. The summed E-state index contributed by atoms with van der Waals surface area (Å²) in [6.45, 7) is 0.490. The van der Waals surface area contributed by atoms with Gasteiger partial charge in [-0.05, 0) is 22.3 Å². The molecule has 2 atom stereocenters. The Hall–Kier alpha value is -3.39. The second-order valence-electron chi connectivity index (χ2n) is 9.76. The Kier molecular flexibility index (Phi) is 6.12. The number of aliphatic carboxylic acids is 1. The van der Waals surface area contributed by atoms with E-state index >= 15 is 0 Å². The normalized spacial score (nSPS) is 19.7. The summed E-state index contributed by atoms with van der Waals surface area (Å²) in [5.41, 5.74) is 4.43. The van der Waals surface area contributed by atoms with Crippen molar-refractivity contribution in [3.63, 3.8) is 0 Å². The largest absolute Gasteiger partial charge is 0.480 e. The molecule has 0 unspecified atom stereocenters. The highest BCUT2D eigenvalue weighted by molar-refractivity contribution is 5.83. The third-order valence-electron chi connectivity index (χ3n) is 6.14. The number of ether oxygens (including phenoxy) is 1. The Morgan fingerprint density at radius 2 is 1.61 bits per heavy atom. The summed E-state index contributed by atoms with van der Waals surface area (Å²) in [7, 11) is 5.70. The number of hydrogen-bond acceptors (Lipinski definition) is 4. The Morgan fingerprint density at radius 3 is 2.15 bits per heavy atom. The highest BCUT2D eigenvalue weighted by Crippen LogP contribution is 2.44. The van der Waals surface area contributed by atoms with Crippen LogP contribution in [0.3, 0.4) is 0 Å². The lowest BCUT2D eigenvalue weighted by Crippen LogP contribution is -2.47. The molecule has 2 aromatic carbocycles. The molecule has 0 aromatic heterocycles. The number of carboxylic acids is 1. The van der Waals surface area contributed by atoms with Gasteiger partial charge in [0.2, 0.25) is 0 Å². The zero-order valence-electron chi connectivity index (χ0n) is 19.2. The van der Waals surface area contributed by atoms with E-state index in [2.05, 4.69) is 17.4 Å². The van der Waals surface area contributed by atoms with E-state index in [1.807, 2.05) is 57.5 Å². The van der Waals surface area contributed by atoms with Gasteiger partial charge < -0.3 is 19.6 Å². The van der Waals surface area contributed by atoms with E-state index in [4.69, 9.17) is 4.74 Å². The molecule has 8 nitrogen and oxygen atoms in total. The van der Waals surface area contributed by atoms with Crippen molar-refractivity contribution in [1.29, 1.82) is 0 Å². The van der Waals surface area contributed by atoms with Crippen LogP contribution in [-0.2, 0) is 14.3 Å². The molecule has 2 amide bonds. The van der Waals surface area contributed by atoms with Gasteiger partial charge in [-0.1, -0.05) is 48.5 Å². The molecule has 2 aliphatic rings. The minimum Gasteiger partial charge on any atom is -0.480 e. The quantitative estimate of drug-likeness (QED) is 0.656. The van der Waals surface area contributed by atoms with Crippen molar-refractivity contribution in [2.75, 3.05) is 40.8 Å². The molecule has 33 heavy (non-hydrogen) atoms. The molecule has 0 spiro atoms. The van der Waals surface area contributed by atoms with Gasteiger partial charge in [0.1, 0.15) is 12.6 Å². The summed E-state index contributed by atoms with van der Waals surface area (Å²) >= 11 is 0. The van der Waals surface area contributed by atoms with E-state index in [9.17, 15) is 19.5 Å². The maximum atomic E-state index is 12.9. The number of likely N-dealkylation sites (tertiary alicyclic amines) is 1. The minimum absolute atomic E-state index is 0.104. The molecule has 2 N–H and O–H groups in total. The van der Waals surface area contributed by atoms with Crippen molar-refractivity contribution in [3.8, 4) is 11.1 Å². The van der Waals surface area contributed by atoms with Gasteiger partial charge in [0.25, 0.3) is 5.91 Å². The first-order valence-corrected chi connectivity index (χ1v) is 11.1. The van der Waals surface area contributed by atoms with Gasteiger partial charge in [0.15, 0.2) is 6.54 Å². The number of benzene rings is 2. The van der Waals surface area contributed by atoms with Gasteiger partial charge in [-0.3, -0.25) is 9.69 Å². The number of likely N-dealkylation sites (N-methyl/N-ethyl adjacent to an activating group) is 1. The summed E-state index contributed by atoms with van der Waals surface area (Å²) in [5, 5.41) is 12.5. The summed E-state index contributed by atoms with van der Waals surface area (Å²) in [6.07, 6.45) is -0.518. The van der Waals surface area contributed by atoms with Crippen LogP contribution in [0.15, 0.2) is 48.5 Å². The van der Waals surface area contributed by atoms with Crippen LogP contribution in [0.1, 0.15) is 23.5 Å². The van der Waals surface area contributed by atoms with E-state index in [0.717, 1.165) is 22.3 Å². The Morgan fingerprint density at radius 1 is 1.03 bits per heavy atom. The lowest BCUT2D eigenvalue weighted by atomic mass is 9.98. The van der Waals surface area contributed by atoms with E-state index in [0.29, 0.717) is 4.48 Å². The van der Waals surface area contributed by atoms with Crippen LogP contribution in [0.25, 0.3) is 11.1 Å². The highest BCUT2D eigenvalue weighted by atomic mass is 16.6. The molecule has 1 aliphatic heterocycles. The molecule has 1 heterocycles. The number of amides is 2. The number of fused-ring (bicyclic) bond motifs is 3. The summed E-state index contributed by atoms with van der Waals surface area (Å²) in [5.74, 6) is -1.38. The first-order chi connectivity index (χ1) is 15.6. The lowest BCUT2D eigenvalue weighted by Gasteiger charge is -2.24. The first-order valence-electron chi connectivity index (χ1n) is 11.1. The summed E-state index contributed by atoms with van der Waals surface area (Å²) in [4.78, 5) is 38.2. The molecule has 8 heteroatoms. The Bertz CT molecular complexity index is 1030. The number of rotatable bonds is 6. The zero-order chi connectivity index (χ0) is 23.8. The molecular weight excluding hydrogens is 422 g/mol. The number of nitrogens with one attached hydrogen (secondary N) is 1. The van der Waals surface area contributed by atoms with Crippen molar-refractivity contribution in [3.05, 3.63) is 59.7 Å². The van der Waals surface area contributed by atoms with Crippen LogP contribution in [0.5, 0.6) is 0 Å². The molecular formula is C25H30N3O5+. The Labute approximate surface area is 193 Å². The zero-order valence-corrected chi connectivity index (χ0v) is 19.2. The maximum Gasteiger partial charge on any atom is 0.410 e. The van der Waals surface area contributed by atoms with Gasteiger partial charge in [-0.25, -0.2) is 9.59 Å². The van der Waals surface area contributed by atoms with Gasteiger partial charge in [0, 0.05) is 24.9 Å². The fraction of sp³-hybridized carbons (Fsp3) is 0.400. The lowest BCUT2D eigenvalue weighted by molar-refractivity contribution is -0.862. The third kappa shape index (κ3) is 4.85. The van der Waals surface area contributed by atoms with Gasteiger partial charge in [-0.15, -0.1) is 0 Å². The monoisotopic (exact) mass is 452 g/mol. The molecule has 1 fully saturated rings. The van der Waals surface area contributed by atoms with Crippen molar-refractivity contribution in [1.82, 2.24) is 10.2 Å². The summed E-state index contributed by atoms with van der Waals surface area (Å²) < 4.78 is 6.10. The van der Waals surface area contributed by atoms with Crippen LogP contribution in [-0.4, -0.2) is 85.4 Å². The van der Waals surface area contributed by atoms with Crippen LogP contribution >= 0.6 is 0 Å². The average molecular weight is 453 g/mol. The van der Waals surface area contributed by atoms with Crippen LogP contribution < -0.4 is 5.32 Å². The topological polar surface area (TPSA) is 95.9 Å². The number of nitrogens with zero attached hydrogens (tertiary/aromatic N) is 2. The SMILES string of the molecule is C[N+](C)(C)CC(=O)N[C@H]1C[C@H](C(=O)O)N(C(=O)OCC2c3ccccc3-c3ccccc32)C1. The number of carboxylic acid groups (broad SMARTS) is 1. The number of carbonyl (C=O) groups is 3. The van der Waals surface area contributed by atoms with E-state index in [-0.39, 0.29) is 37.9 Å². The van der Waals surface area contributed by atoms with Crippen molar-refractivity contribution < 1.29 is 28.7 Å². The predicted molar refractivity (Wildman–Crippen MR) is 123 cm³/mol. The predicted octanol–water partition coefficient (Wildman–Crippen LogP) is 2.29. The van der Waals surface area contributed by atoms with Crippen molar-refractivity contribution >= 4 is 18.0 Å². The fourth-order valence-electron chi connectivity index (χ4n) is 4.76. The second kappa shape index (κ2) is 8.86. The van der Waals surface area contributed by atoms with Gasteiger partial charge >= 0.3 is 12.1 Å². The molecule has 2 aromatic rings. The molecule has 0 radical (unpaired) electrons. The van der Waals surface area contributed by atoms with Crippen LogP contribution in [0, 0.1) is 0 Å². The highest BCUT2D eigenvalue weighted by Gasteiger charge is 2.42. The number of quaternary nitrogens is 1. The van der Waals surface area contributed by atoms with Gasteiger partial charge in [-0.2, -0.15) is 0 Å². The van der Waals surface area contributed by atoms with Crippen LogP contribution in [0.4, 0.5) is 4.79 Å². The molecule has 0 saturated carbocycles. The van der Waals surface area contributed by atoms with Crippen molar-refractivity contribution in [2.45, 2.75) is 24.4 Å². The molecule has 1 saturated heterocycles. The van der Waals surface area contributed by atoms with E-state index < -0.39 is 24.1 Å². The summed E-state index contributed by atoms with van der Waals surface area (Å²) in [6, 6.07) is 14.6. The minimum atomic E-state index is -1.10. The number of carbonyl (C=O) groups excluding carboxylic acids is 2. The van der Waals surface area contributed by atoms with Crippen LogP contribution in [0.2, 0.25) is 0 Å². The van der Waals surface area contributed by atoms with Crippen molar-refractivity contribution in [2.24, 2.45) is 0 Å². The van der Waals surface area contributed by atoms with E-state index in [1.165, 1.54) is 4.90 Å². The molecule has 4 rings (SSSR count). The molecule has 0 bridgehead atoms. The maximum absolute atomic E-state index is 12.9. The smallest absolute Gasteiger partial charge is 0.410 e. The standard InChI is InChI=1S/C25H29N3O5/c1-28(2,3)14-23(29)26-16-12-22(24(30)31)27(13-16)25(32)33-15-21-19-10-6-4-8-17(19)18-9-5-7-11-20(18)21/h4-11,16,21-22H,12-15H2,1-3H3,(H-,26,29,30,31)/p+1/t16-,22+/m0/s1. The third-order valence-corrected chi connectivity index (χ3v) is 6.14. The first kappa shape index (κ1) is 22.8. The van der Waals surface area contributed by atoms with E-state index in [1.54, 1.807) is 0 Å².